The average Bonchev–Trinajstić information content (AvgIpc) is 0.765. The van der Waals surface area contributed by atoms with Crippen molar-refractivity contribution in [3.8, 4) is 136 Å². The Morgan fingerprint density at radius 1 is 0.107 bits per heavy atom. The molecular formula is C120H92O16Ti4. The first-order chi connectivity index (χ1) is 64.5. The van der Waals surface area contributed by atoms with Gasteiger partial charge in [-0.3, -0.25) is 0 Å². The van der Waals surface area contributed by atoms with E-state index in [1.807, 2.05) is 352 Å². The molecule has 24 aromatic carbocycles. The van der Waals surface area contributed by atoms with Crippen molar-refractivity contribution >= 4 is 129 Å². The number of phenolic OH excluding ortho intramolecular Hbond substituents is 12. The maximum Gasteiger partial charge on any atom is 0.124 e. The summed E-state index contributed by atoms with van der Waals surface area (Å²) >= 11 is 0. The quantitative estimate of drug-likeness (QED) is 0.0691. The summed E-state index contributed by atoms with van der Waals surface area (Å²) in [6.07, 6.45) is 0. The SMILES string of the molecule is O.O.O.O.Oc1ccc2cccc(-c3c(O)ccc4ccccc34)c2c1.Oc1ccc2cccc(-c3c(O)ccc4ccccc34)c2c1.Oc1ccc2ccccc2c1-c1c(O)ccc2ccccc12.Oc1ccc2ccccc2c1-c1c(O)ccc2ccccc12.Oc1ccc2ccccc2c1-c1c(O)ccc2ccccc12.Oc1ccc2ccccc2c1-c1c(O)ccc2ccccc12.[Ti].[Ti].[Ti].[Ti]. The third kappa shape index (κ3) is 20.9. The van der Waals surface area contributed by atoms with Crippen LogP contribution in [0.15, 0.2) is 437 Å². The molecule has 0 heterocycles. The molecule has 0 radical (unpaired) electrons. The molecule has 0 saturated carbocycles. The van der Waals surface area contributed by atoms with Crippen LogP contribution < -0.4 is 0 Å². The van der Waals surface area contributed by atoms with E-state index in [-0.39, 0.29) is 178 Å². The average molecular weight is 1980 g/mol. The van der Waals surface area contributed by atoms with Gasteiger partial charge in [-0.15, -0.1) is 0 Å². The molecular weight excluding hydrogens is 1890 g/mol. The molecule has 0 unspecified atom stereocenters. The molecule has 0 amide bonds. The molecule has 0 spiro atoms. The zero-order valence-electron chi connectivity index (χ0n) is 74.9. The molecule has 0 aliphatic carbocycles. The third-order valence-electron chi connectivity index (χ3n) is 24.3. The van der Waals surface area contributed by atoms with Gasteiger partial charge in [0.15, 0.2) is 0 Å². The largest absolute Gasteiger partial charge is 0.508 e. The van der Waals surface area contributed by atoms with Crippen LogP contribution in [0.3, 0.4) is 0 Å². The molecule has 0 aromatic heterocycles. The van der Waals surface area contributed by atoms with Gasteiger partial charge >= 0.3 is 0 Å². The first-order valence-corrected chi connectivity index (χ1v) is 43.0. The van der Waals surface area contributed by atoms with E-state index in [0.717, 1.165) is 152 Å². The predicted octanol–water partition coefficient (Wildman–Crippen LogP) is 27.1. The van der Waals surface area contributed by atoms with Crippen LogP contribution >= 0.6 is 0 Å². The van der Waals surface area contributed by atoms with Crippen LogP contribution in [0, 0.1) is 0 Å². The van der Waals surface area contributed by atoms with Gasteiger partial charge in [-0.05, 0) is 225 Å². The predicted molar refractivity (Wildman–Crippen MR) is 556 cm³/mol. The molecule has 0 aliphatic heterocycles. The zero-order chi connectivity index (χ0) is 90.6. The van der Waals surface area contributed by atoms with Gasteiger partial charge < -0.3 is 83.2 Å². The Balaban J connectivity index is 0.000000159. The molecule has 140 heavy (non-hydrogen) atoms. The molecule has 16 nitrogen and oxygen atoms in total. The normalized spacial score (nSPS) is 10.5. The second-order valence-electron chi connectivity index (χ2n) is 32.2. The van der Waals surface area contributed by atoms with Gasteiger partial charge in [0, 0.05) is 143 Å². The number of aromatic hydroxyl groups is 12. The van der Waals surface area contributed by atoms with E-state index < -0.39 is 0 Å². The standard InChI is InChI=1S/6C20H14O2.4H2O.4Ti/c4*21-17-11-9-13-5-1-3-7-15(13)19(17)20-16-8-4-2-6-14(16)10-12-18(20)22;2*21-15-10-8-14-5-3-7-17(18(14)12-15)20-16-6-2-1-4-13(16)9-11-19(20)22;;;;;;;;/h6*1-12,21-22H;4*1H2;;;;. The fraction of sp³-hybridized carbons (Fsp3) is 0. The van der Waals surface area contributed by atoms with E-state index in [4.69, 9.17) is 0 Å². The van der Waals surface area contributed by atoms with Gasteiger partial charge in [-0.2, -0.15) is 0 Å². The fourth-order valence-corrected chi connectivity index (χ4v) is 18.2. The van der Waals surface area contributed by atoms with E-state index in [1.54, 1.807) is 84.9 Å². The van der Waals surface area contributed by atoms with Crippen LogP contribution in [0.25, 0.3) is 196 Å². The fourth-order valence-electron chi connectivity index (χ4n) is 18.2. The first-order valence-electron chi connectivity index (χ1n) is 43.0. The van der Waals surface area contributed by atoms with Crippen molar-refractivity contribution in [2.24, 2.45) is 0 Å². The Bertz CT molecular complexity index is 7420. The zero-order valence-corrected chi connectivity index (χ0v) is 81.2. The Morgan fingerprint density at radius 2 is 0.229 bits per heavy atom. The smallest absolute Gasteiger partial charge is 0.124 e. The Labute approximate surface area is 864 Å². The van der Waals surface area contributed by atoms with Crippen molar-refractivity contribution in [3.05, 3.63) is 437 Å². The molecule has 20 N–H and O–H groups in total. The van der Waals surface area contributed by atoms with E-state index in [2.05, 4.69) is 0 Å². The van der Waals surface area contributed by atoms with Crippen molar-refractivity contribution in [2.75, 3.05) is 0 Å². The summed E-state index contributed by atoms with van der Waals surface area (Å²) in [6.45, 7) is 0. The maximum absolute atomic E-state index is 10.4. The third-order valence-corrected chi connectivity index (χ3v) is 24.3. The molecule has 0 fully saturated rings. The number of hydrogen-bond donors (Lipinski definition) is 12. The van der Waals surface area contributed by atoms with Crippen molar-refractivity contribution in [1.29, 1.82) is 0 Å². The van der Waals surface area contributed by atoms with Gasteiger partial charge in [0.1, 0.15) is 69.0 Å². The number of rotatable bonds is 6. The monoisotopic (exact) mass is 1980 g/mol. The van der Waals surface area contributed by atoms with Crippen molar-refractivity contribution in [2.45, 2.75) is 0 Å². The molecule has 0 saturated heterocycles. The number of fused-ring (bicyclic) bond motifs is 12. The molecule has 20 heteroatoms. The maximum atomic E-state index is 10.4. The molecule has 0 atom stereocenters. The topological polar surface area (TPSA) is 369 Å². The summed E-state index contributed by atoms with van der Waals surface area (Å²) in [7, 11) is 0. The van der Waals surface area contributed by atoms with E-state index >= 15 is 0 Å². The molecule has 24 aromatic rings. The summed E-state index contributed by atoms with van der Waals surface area (Å²) < 4.78 is 0. The Hall–Kier alpha value is -15.3. The summed E-state index contributed by atoms with van der Waals surface area (Å²) in [6, 6.07) is 137. The van der Waals surface area contributed by atoms with Gasteiger partial charge in [-0.25, -0.2) is 0 Å². The molecule has 0 bridgehead atoms. The van der Waals surface area contributed by atoms with Crippen molar-refractivity contribution in [3.63, 3.8) is 0 Å². The van der Waals surface area contributed by atoms with Gasteiger partial charge in [0.05, 0.1) is 0 Å². The second kappa shape index (κ2) is 46.2. The number of benzene rings is 24. The molecule has 0 aliphatic rings. The van der Waals surface area contributed by atoms with Crippen molar-refractivity contribution in [1.82, 2.24) is 0 Å². The Morgan fingerprint density at radius 3 is 0.393 bits per heavy atom. The first kappa shape index (κ1) is 105. The van der Waals surface area contributed by atoms with E-state index in [9.17, 15) is 61.3 Å². The summed E-state index contributed by atoms with van der Waals surface area (Å²) in [5.41, 5.74) is 8.83. The van der Waals surface area contributed by atoms with E-state index in [1.165, 1.54) is 0 Å². The number of phenols is 12. The van der Waals surface area contributed by atoms with Crippen LogP contribution in [0.2, 0.25) is 0 Å². The van der Waals surface area contributed by atoms with Crippen molar-refractivity contribution < 1.29 is 170 Å². The van der Waals surface area contributed by atoms with Crippen LogP contribution in [0.1, 0.15) is 0 Å². The second-order valence-corrected chi connectivity index (χ2v) is 32.2. The summed E-state index contributed by atoms with van der Waals surface area (Å²) in [5, 5.41) is 148. The summed E-state index contributed by atoms with van der Waals surface area (Å²) in [5.74, 6) is 2.31. The van der Waals surface area contributed by atoms with Crippen LogP contribution in [-0.2, 0) is 86.9 Å². The minimum atomic E-state index is 0. The minimum Gasteiger partial charge on any atom is -0.508 e. The Kier molecular flexibility index (Phi) is 34.7. The van der Waals surface area contributed by atoms with Crippen LogP contribution in [0.4, 0.5) is 0 Å². The number of hydrogen-bond acceptors (Lipinski definition) is 12. The molecule has 24 rings (SSSR count). The molecule has 684 valence electrons. The van der Waals surface area contributed by atoms with Crippen LogP contribution in [0.5, 0.6) is 69.0 Å². The van der Waals surface area contributed by atoms with E-state index in [0.29, 0.717) is 44.5 Å². The minimum absolute atomic E-state index is 0. The summed E-state index contributed by atoms with van der Waals surface area (Å²) in [4.78, 5) is 0. The van der Waals surface area contributed by atoms with Crippen LogP contribution in [-0.4, -0.2) is 83.2 Å². The van der Waals surface area contributed by atoms with Gasteiger partial charge in [-0.1, -0.05) is 352 Å². The van der Waals surface area contributed by atoms with Gasteiger partial charge in [0.2, 0.25) is 0 Å². The van der Waals surface area contributed by atoms with Gasteiger partial charge in [0.25, 0.3) is 0 Å².